The van der Waals surface area contributed by atoms with Gasteiger partial charge in [-0.2, -0.15) is 0 Å². The molecule has 1 amide bonds. The molecular weight excluding hydrogens is 324 g/mol. The summed E-state index contributed by atoms with van der Waals surface area (Å²) in [7, 11) is 0. The number of nitrogens with two attached hydrogens (primary N) is 1. The minimum Gasteiger partial charge on any atom is -0.383 e. The van der Waals surface area contributed by atoms with Crippen molar-refractivity contribution in [2.24, 2.45) is 0 Å². The number of amides is 1. The Kier molecular flexibility index (Phi) is 5.75. The van der Waals surface area contributed by atoms with Crippen molar-refractivity contribution < 1.29 is 9.53 Å². The van der Waals surface area contributed by atoms with Gasteiger partial charge in [-0.1, -0.05) is 0 Å². The summed E-state index contributed by atoms with van der Waals surface area (Å²) in [4.78, 5) is 18.3. The van der Waals surface area contributed by atoms with Crippen molar-refractivity contribution in [1.29, 1.82) is 0 Å². The number of rotatable bonds is 5. The minimum absolute atomic E-state index is 0.182. The number of anilines is 1. The van der Waals surface area contributed by atoms with Gasteiger partial charge in [-0.05, 0) is 35.0 Å². The Morgan fingerprint density at radius 1 is 1.50 bits per heavy atom. The van der Waals surface area contributed by atoms with Crippen LogP contribution in [0.1, 0.15) is 16.8 Å². The van der Waals surface area contributed by atoms with Gasteiger partial charge in [0.15, 0.2) is 0 Å². The van der Waals surface area contributed by atoms with Crippen molar-refractivity contribution in [3.8, 4) is 0 Å². The van der Waals surface area contributed by atoms with Gasteiger partial charge in [0, 0.05) is 30.3 Å². The van der Waals surface area contributed by atoms with Gasteiger partial charge in [0.2, 0.25) is 0 Å². The second-order valence-corrected chi connectivity index (χ2v) is 5.57. The maximum Gasteiger partial charge on any atom is 0.255 e. The number of halogens is 1. The molecule has 2 heterocycles. The Labute approximate surface area is 126 Å². The van der Waals surface area contributed by atoms with Gasteiger partial charge in [-0.3, -0.25) is 9.69 Å². The molecule has 1 saturated heterocycles. The summed E-state index contributed by atoms with van der Waals surface area (Å²) >= 11 is 3.28. The Morgan fingerprint density at radius 2 is 2.25 bits per heavy atom. The summed E-state index contributed by atoms with van der Waals surface area (Å²) < 4.78 is 6.03. The van der Waals surface area contributed by atoms with Crippen LogP contribution in [0.2, 0.25) is 0 Å². The Balaban J connectivity index is 1.73. The maximum absolute atomic E-state index is 12.0. The van der Waals surface area contributed by atoms with Crippen molar-refractivity contribution in [1.82, 2.24) is 15.2 Å². The first-order chi connectivity index (χ1) is 9.66. The van der Waals surface area contributed by atoms with E-state index in [2.05, 4.69) is 31.1 Å². The molecule has 3 N–H and O–H groups in total. The lowest BCUT2D eigenvalue weighted by atomic mass is 10.2. The zero-order valence-corrected chi connectivity index (χ0v) is 12.9. The van der Waals surface area contributed by atoms with Crippen molar-refractivity contribution in [3.63, 3.8) is 0 Å². The van der Waals surface area contributed by atoms with Crippen LogP contribution in [0.25, 0.3) is 0 Å². The molecule has 0 aromatic carbocycles. The van der Waals surface area contributed by atoms with Crippen LogP contribution in [0, 0.1) is 0 Å². The molecule has 6 nitrogen and oxygen atoms in total. The molecule has 1 aliphatic heterocycles. The number of nitrogen functional groups attached to an aromatic ring is 1. The lowest BCUT2D eigenvalue weighted by molar-refractivity contribution is 0.0374. The van der Waals surface area contributed by atoms with Crippen LogP contribution in [0.4, 0.5) is 5.82 Å². The average molecular weight is 343 g/mol. The summed E-state index contributed by atoms with van der Waals surface area (Å²) in [6, 6.07) is 1.68. The fourth-order valence-electron chi connectivity index (χ4n) is 2.06. The van der Waals surface area contributed by atoms with Crippen molar-refractivity contribution in [2.75, 3.05) is 45.1 Å². The second-order valence-electron chi connectivity index (χ2n) is 4.65. The van der Waals surface area contributed by atoms with E-state index in [4.69, 9.17) is 10.5 Å². The maximum atomic E-state index is 12.0. The lowest BCUT2D eigenvalue weighted by Crippen LogP contribution is -2.38. The van der Waals surface area contributed by atoms with E-state index in [-0.39, 0.29) is 11.7 Å². The highest BCUT2D eigenvalue weighted by Gasteiger charge is 2.12. The highest BCUT2D eigenvalue weighted by molar-refractivity contribution is 9.10. The number of hydrogen-bond acceptors (Lipinski definition) is 5. The van der Waals surface area contributed by atoms with Gasteiger partial charge >= 0.3 is 0 Å². The van der Waals surface area contributed by atoms with Crippen LogP contribution in [-0.2, 0) is 4.74 Å². The van der Waals surface area contributed by atoms with Gasteiger partial charge in [0.1, 0.15) is 5.82 Å². The number of nitrogens with one attached hydrogen (secondary N) is 1. The number of hydrogen-bond donors (Lipinski definition) is 2. The third kappa shape index (κ3) is 4.43. The Bertz CT molecular complexity index is 464. The predicted molar refractivity (Wildman–Crippen MR) is 80.6 cm³/mol. The van der Waals surface area contributed by atoms with E-state index < -0.39 is 0 Å². The Hall–Kier alpha value is -1.18. The molecule has 2 rings (SSSR count). The minimum atomic E-state index is -0.182. The SMILES string of the molecule is Nc1ncc(Br)cc1C(=O)NCCCN1CCOCC1. The third-order valence-corrected chi connectivity index (χ3v) is 3.60. The number of carbonyl (C=O) groups is 1. The first kappa shape index (κ1) is 15.2. The molecule has 0 saturated carbocycles. The zero-order chi connectivity index (χ0) is 14.4. The molecule has 0 radical (unpaired) electrons. The number of pyridine rings is 1. The normalized spacial score (nSPS) is 16.1. The molecule has 1 aromatic heterocycles. The molecule has 0 spiro atoms. The number of aromatic nitrogens is 1. The molecule has 1 aromatic rings. The molecule has 0 atom stereocenters. The predicted octanol–water partition coefficient (Wildman–Crippen LogP) is 0.878. The van der Waals surface area contributed by atoms with Crippen LogP contribution in [0.5, 0.6) is 0 Å². The summed E-state index contributed by atoms with van der Waals surface area (Å²) in [5, 5.41) is 2.87. The molecule has 0 bridgehead atoms. The van der Waals surface area contributed by atoms with E-state index in [1.54, 1.807) is 12.3 Å². The molecule has 7 heteroatoms. The van der Waals surface area contributed by atoms with Crippen molar-refractivity contribution >= 4 is 27.7 Å². The first-order valence-electron chi connectivity index (χ1n) is 6.66. The van der Waals surface area contributed by atoms with Crippen LogP contribution < -0.4 is 11.1 Å². The van der Waals surface area contributed by atoms with Gasteiger partial charge in [-0.25, -0.2) is 4.98 Å². The van der Waals surface area contributed by atoms with Crippen molar-refractivity contribution in [3.05, 3.63) is 22.3 Å². The molecular formula is C13H19BrN4O2. The van der Waals surface area contributed by atoms with Crippen LogP contribution in [0.3, 0.4) is 0 Å². The van der Waals surface area contributed by atoms with Crippen molar-refractivity contribution in [2.45, 2.75) is 6.42 Å². The molecule has 20 heavy (non-hydrogen) atoms. The van der Waals surface area contributed by atoms with Gasteiger partial charge in [0.05, 0.1) is 18.8 Å². The smallest absolute Gasteiger partial charge is 0.255 e. The Morgan fingerprint density at radius 3 is 3.00 bits per heavy atom. The van der Waals surface area contributed by atoms with Crippen LogP contribution >= 0.6 is 15.9 Å². The first-order valence-corrected chi connectivity index (χ1v) is 7.45. The fourth-order valence-corrected chi connectivity index (χ4v) is 2.39. The van der Waals surface area contributed by atoms with Crippen LogP contribution in [-0.4, -0.2) is 55.2 Å². The molecule has 1 aliphatic rings. The quantitative estimate of drug-likeness (QED) is 0.776. The highest BCUT2D eigenvalue weighted by atomic mass is 79.9. The van der Waals surface area contributed by atoms with E-state index in [9.17, 15) is 4.79 Å². The molecule has 0 aliphatic carbocycles. The summed E-state index contributed by atoms with van der Waals surface area (Å²) in [5.74, 6) is 0.0668. The van der Waals surface area contributed by atoms with Crippen LogP contribution in [0.15, 0.2) is 16.7 Å². The van der Waals surface area contributed by atoms with Gasteiger partial charge in [0.25, 0.3) is 5.91 Å². The van der Waals surface area contributed by atoms with Gasteiger partial charge in [-0.15, -0.1) is 0 Å². The summed E-state index contributed by atoms with van der Waals surface area (Å²) in [6.07, 6.45) is 2.48. The molecule has 0 unspecified atom stereocenters. The zero-order valence-electron chi connectivity index (χ0n) is 11.3. The van der Waals surface area contributed by atoms with E-state index in [0.29, 0.717) is 12.1 Å². The van der Waals surface area contributed by atoms with Gasteiger partial charge < -0.3 is 15.8 Å². The summed E-state index contributed by atoms with van der Waals surface area (Å²) in [6.45, 7) is 5.13. The number of ether oxygens (including phenoxy) is 1. The second kappa shape index (κ2) is 7.56. The topological polar surface area (TPSA) is 80.5 Å². The van der Waals surface area contributed by atoms with E-state index in [1.165, 1.54) is 0 Å². The van der Waals surface area contributed by atoms with E-state index >= 15 is 0 Å². The summed E-state index contributed by atoms with van der Waals surface area (Å²) in [5.41, 5.74) is 6.10. The average Bonchev–Trinajstić information content (AvgIpc) is 2.47. The molecule has 110 valence electrons. The number of carbonyl (C=O) groups excluding carboxylic acids is 1. The number of morpholine rings is 1. The third-order valence-electron chi connectivity index (χ3n) is 3.17. The largest absolute Gasteiger partial charge is 0.383 e. The number of nitrogens with zero attached hydrogens (tertiary/aromatic N) is 2. The van der Waals surface area contributed by atoms with E-state index in [0.717, 1.165) is 43.7 Å². The van der Waals surface area contributed by atoms with E-state index in [1.807, 2.05) is 0 Å². The lowest BCUT2D eigenvalue weighted by Gasteiger charge is -2.26. The highest BCUT2D eigenvalue weighted by Crippen LogP contribution is 2.15. The monoisotopic (exact) mass is 342 g/mol. The molecule has 1 fully saturated rings. The fraction of sp³-hybridized carbons (Fsp3) is 0.538. The standard InChI is InChI=1S/C13H19BrN4O2/c14-10-8-11(12(15)17-9-10)13(19)16-2-1-3-18-4-6-20-7-5-18/h8-9H,1-7H2,(H2,15,17)(H,16,19).